The zero-order valence-corrected chi connectivity index (χ0v) is 16.0. The second-order valence-corrected chi connectivity index (χ2v) is 8.57. The van der Waals surface area contributed by atoms with Crippen molar-refractivity contribution in [3.63, 3.8) is 0 Å². The summed E-state index contributed by atoms with van der Waals surface area (Å²) in [6, 6.07) is 1.98. The molecule has 136 valence electrons. The third kappa shape index (κ3) is 3.33. The van der Waals surface area contributed by atoms with E-state index < -0.39 is 0 Å². The SMILES string of the molecule is Cc1cnc(C(=O)N2CC[C@@H]3[C@H]2CCN3C(=O)CSc2ncccn2)s1. The fourth-order valence-electron chi connectivity index (χ4n) is 3.69. The Bertz CT molecular complexity index is 812. The van der Waals surface area contributed by atoms with Gasteiger partial charge in [-0.25, -0.2) is 15.0 Å². The van der Waals surface area contributed by atoms with Gasteiger partial charge in [-0.3, -0.25) is 9.59 Å². The number of nitrogens with zero attached hydrogens (tertiary/aromatic N) is 5. The van der Waals surface area contributed by atoms with Gasteiger partial charge < -0.3 is 9.80 Å². The van der Waals surface area contributed by atoms with Crippen molar-refractivity contribution in [2.24, 2.45) is 0 Å². The molecule has 0 spiro atoms. The summed E-state index contributed by atoms with van der Waals surface area (Å²) in [6.07, 6.45) is 6.75. The molecule has 26 heavy (non-hydrogen) atoms. The molecule has 2 saturated heterocycles. The fourth-order valence-corrected chi connectivity index (χ4v) is 5.10. The zero-order valence-electron chi connectivity index (χ0n) is 14.4. The number of thiazole rings is 1. The number of likely N-dealkylation sites (tertiary alicyclic amines) is 2. The second-order valence-electron chi connectivity index (χ2n) is 6.39. The third-order valence-electron chi connectivity index (χ3n) is 4.83. The molecule has 0 radical (unpaired) electrons. The van der Waals surface area contributed by atoms with Crippen LogP contribution in [0.2, 0.25) is 0 Å². The molecule has 0 aliphatic carbocycles. The van der Waals surface area contributed by atoms with Crippen molar-refractivity contribution in [1.29, 1.82) is 0 Å². The van der Waals surface area contributed by atoms with Crippen LogP contribution >= 0.6 is 23.1 Å². The monoisotopic (exact) mass is 389 g/mol. The van der Waals surface area contributed by atoms with Crippen molar-refractivity contribution < 1.29 is 9.59 Å². The van der Waals surface area contributed by atoms with E-state index in [1.54, 1.807) is 24.7 Å². The van der Waals surface area contributed by atoms with Crippen LogP contribution in [0.1, 0.15) is 27.5 Å². The molecule has 2 aliphatic heterocycles. The molecule has 9 heteroatoms. The Morgan fingerprint density at radius 3 is 2.54 bits per heavy atom. The van der Waals surface area contributed by atoms with Gasteiger partial charge in [0.05, 0.1) is 17.8 Å². The highest BCUT2D eigenvalue weighted by molar-refractivity contribution is 7.99. The Labute approximate surface area is 159 Å². The lowest BCUT2D eigenvalue weighted by Crippen LogP contribution is -2.42. The smallest absolute Gasteiger partial charge is 0.283 e. The van der Waals surface area contributed by atoms with Crippen LogP contribution in [0.25, 0.3) is 0 Å². The summed E-state index contributed by atoms with van der Waals surface area (Å²) in [5.74, 6) is 0.415. The average molecular weight is 390 g/mol. The standard InChI is InChI=1S/C17H19N5O2S2/c1-11-9-20-15(26-11)16(24)22-8-4-12-13(22)3-7-21(12)14(23)10-25-17-18-5-2-6-19-17/h2,5-6,9,12-13H,3-4,7-8,10H2,1H3/t12-,13-/m1/s1. The highest BCUT2D eigenvalue weighted by Gasteiger charge is 2.46. The highest BCUT2D eigenvalue weighted by Crippen LogP contribution is 2.33. The van der Waals surface area contributed by atoms with Crippen molar-refractivity contribution in [2.75, 3.05) is 18.8 Å². The van der Waals surface area contributed by atoms with Gasteiger partial charge in [0.15, 0.2) is 10.2 Å². The van der Waals surface area contributed by atoms with Crippen LogP contribution in [0.4, 0.5) is 0 Å². The van der Waals surface area contributed by atoms with E-state index in [0.29, 0.717) is 29.0 Å². The number of hydrogen-bond acceptors (Lipinski definition) is 7. The zero-order chi connectivity index (χ0) is 18.1. The minimum absolute atomic E-state index is 0.00282. The van der Waals surface area contributed by atoms with Crippen LogP contribution in [-0.4, -0.2) is 67.5 Å². The summed E-state index contributed by atoms with van der Waals surface area (Å²) < 4.78 is 0. The number of thioether (sulfide) groups is 1. The lowest BCUT2D eigenvalue weighted by Gasteiger charge is -2.25. The molecule has 4 heterocycles. The maximum Gasteiger partial charge on any atom is 0.283 e. The quantitative estimate of drug-likeness (QED) is 0.587. The van der Waals surface area contributed by atoms with Gasteiger partial charge in [-0.05, 0) is 25.8 Å². The largest absolute Gasteiger partial charge is 0.337 e. The van der Waals surface area contributed by atoms with Crippen molar-refractivity contribution in [3.8, 4) is 0 Å². The van der Waals surface area contributed by atoms with Gasteiger partial charge in [0.1, 0.15) is 0 Å². The first-order valence-electron chi connectivity index (χ1n) is 8.56. The molecule has 0 bridgehead atoms. The first-order chi connectivity index (χ1) is 12.6. The summed E-state index contributed by atoms with van der Waals surface area (Å²) in [5.41, 5.74) is 0. The van der Waals surface area contributed by atoms with Crippen LogP contribution in [0.15, 0.2) is 29.8 Å². The lowest BCUT2D eigenvalue weighted by molar-refractivity contribution is -0.129. The summed E-state index contributed by atoms with van der Waals surface area (Å²) in [6.45, 7) is 3.34. The molecule has 0 N–H and O–H groups in total. The molecular formula is C17H19N5O2S2. The number of fused-ring (bicyclic) bond motifs is 1. The van der Waals surface area contributed by atoms with Gasteiger partial charge >= 0.3 is 0 Å². The van der Waals surface area contributed by atoms with Crippen molar-refractivity contribution >= 4 is 34.9 Å². The number of carbonyl (C=O) groups is 2. The molecule has 7 nitrogen and oxygen atoms in total. The van der Waals surface area contributed by atoms with Crippen molar-refractivity contribution in [2.45, 2.75) is 37.0 Å². The number of aromatic nitrogens is 3. The molecule has 2 aromatic heterocycles. The van der Waals surface area contributed by atoms with E-state index in [4.69, 9.17) is 0 Å². The van der Waals surface area contributed by atoms with Gasteiger partial charge in [-0.1, -0.05) is 11.8 Å². The van der Waals surface area contributed by atoms with E-state index >= 15 is 0 Å². The van der Waals surface area contributed by atoms with E-state index in [0.717, 1.165) is 17.7 Å². The fraction of sp³-hybridized carbons (Fsp3) is 0.471. The molecule has 2 fully saturated rings. The molecule has 2 amide bonds. The predicted octanol–water partition coefficient (Wildman–Crippen LogP) is 1.85. The van der Waals surface area contributed by atoms with E-state index in [9.17, 15) is 9.59 Å². The molecule has 2 atom stereocenters. The lowest BCUT2D eigenvalue weighted by atomic mass is 10.1. The van der Waals surface area contributed by atoms with Gasteiger partial charge in [-0.15, -0.1) is 11.3 Å². The van der Waals surface area contributed by atoms with Gasteiger partial charge in [0.25, 0.3) is 5.91 Å². The maximum absolute atomic E-state index is 12.7. The minimum atomic E-state index is -0.00282. The van der Waals surface area contributed by atoms with Crippen LogP contribution in [0.3, 0.4) is 0 Å². The Morgan fingerprint density at radius 1 is 1.15 bits per heavy atom. The number of rotatable bonds is 4. The van der Waals surface area contributed by atoms with Crippen LogP contribution in [-0.2, 0) is 4.79 Å². The second kappa shape index (κ2) is 7.32. The van der Waals surface area contributed by atoms with E-state index in [1.807, 2.05) is 16.7 Å². The van der Waals surface area contributed by atoms with E-state index in [-0.39, 0.29) is 23.9 Å². The van der Waals surface area contributed by atoms with Gasteiger partial charge in [0, 0.05) is 36.6 Å². The molecule has 2 aromatic rings. The summed E-state index contributed by atoms with van der Waals surface area (Å²) in [5, 5.41) is 1.16. The van der Waals surface area contributed by atoms with Crippen LogP contribution in [0.5, 0.6) is 0 Å². The number of carbonyl (C=O) groups excluding carboxylic acids is 2. The summed E-state index contributed by atoms with van der Waals surface area (Å²) in [4.78, 5) is 42.8. The molecular weight excluding hydrogens is 370 g/mol. The third-order valence-corrected chi connectivity index (χ3v) is 6.59. The molecule has 0 saturated carbocycles. The molecule has 0 unspecified atom stereocenters. The maximum atomic E-state index is 12.7. The normalized spacial score (nSPS) is 21.9. The van der Waals surface area contributed by atoms with E-state index in [2.05, 4.69) is 15.0 Å². The molecule has 0 aromatic carbocycles. The highest BCUT2D eigenvalue weighted by atomic mass is 32.2. The first-order valence-corrected chi connectivity index (χ1v) is 10.4. The van der Waals surface area contributed by atoms with E-state index in [1.165, 1.54) is 23.1 Å². The number of amides is 2. The van der Waals surface area contributed by atoms with Gasteiger partial charge in [-0.2, -0.15) is 0 Å². The topological polar surface area (TPSA) is 79.3 Å². The number of aryl methyl sites for hydroxylation is 1. The summed E-state index contributed by atoms with van der Waals surface area (Å²) in [7, 11) is 0. The van der Waals surface area contributed by atoms with Gasteiger partial charge in [0.2, 0.25) is 5.91 Å². The number of hydrogen-bond donors (Lipinski definition) is 0. The Morgan fingerprint density at radius 2 is 1.85 bits per heavy atom. The average Bonchev–Trinajstić information content (AvgIpc) is 3.36. The van der Waals surface area contributed by atoms with Crippen molar-refractivity contribution in [3.05, 3.63) is 34.5 Å². The predicted molar refractivity (Wildman–Crippen MR) is 99.2 cm³/mol. The van der Waals surface area contributed by atoms with Crippen LogP contribution in [0, 0.1) is 6.92 Å². The van der Waals surface area contributed by atoms with Crippen LogP contribution < -0.4 is 0 Å². The summed E-state index contributed by atoms with van der Waals surface area (Å²) >= 11 is 2.78. The Balaban J connectivity index is 1.38. The van der Waals surface area contributed by atoms with Crippen molar-refractivity contribution in [1.82, 2.24) is 24.8 Å². The Kier molecular flexibility index (Phi) is 4.90. The first kappa shape index (κ1) is 17.4. The Hall–Kier alpha value is -2.00. The minimum Gasteiger partial charge on any atom is -0.337 e. The molecule has 2 aliphatic rings. The molecule has 4 rings (SSSR count).